The minimum Gasteiger partial charge on any atom is -0.370 e. The summed E-state index contributed by atoms with van der Waals surface area (Å²) in [6, 6.07) is 5.81. The first kappa shape index (κ1) is 18.7. The first-order valence-electron chi connectivity index (χ1n) is 7.47. The molecule has 0 spiro atoms. The third kappa shape index (κ3) is 6.59. The van der Waals surface area contributed by atoms with Crippen molar-refractivity contribution in [2.75, 3.05) is 26.2 Å². The number of rotatable bonds is 5. The Hall–Kier alpha value is -1.38. The molecule has 0 aromatic carbocycles. The summed E-state index contributed by atoms with van der Waals surface area (Å²) in [6.45, 7) is 2.48. The van der Waals surface area contributed by atoms with Crippen LogP contribution in [0.25, 0.3) is 0 Å². The molecule has 1 aromatic rings. The number of likely N-dealkylation sites (tertiary alicyclic amines) is 1. The van der Waals surface area contributed by atoms with Crippen LogP contribution in [0.5, 0.6) is 0 Å². The fourth-order valence-corrected chi connectivity index (χ4v) is 2.32. The van der Waals surface area contributed by atoms with Crippen molar-refractivity contribution in [1.29, 1.82) is 0 Å². The van der Waals surface area contributed by atoms with E-state index in [-0.39, 0.29) is 36.4 Å². The number of carbonyl (C=O) groups is 1. The Kier molecular flexibility index (Phi) is 8.79. The highest BCUT2D eigenvalue weighted by Gasteiger charge is 2.15. The Morgan fingerprint density at radius 1 is 1.32 bits per heavy atom. The predicted octanol–water partition coefficient (Wildman–Crippen LogP) is 1.16. The quantitative estimate of drug-likeness (QED) is 0.428. The van der Waals surface area contributed by atoms with Crippen molar-refractivity contribution in [3.05, 3.63) is 30.1 Å². The van der Waals surface area contributed by atoms with Gasteiger partial charge in [0.05, 0.1) is 0 Å². The maximum Gasteiger partial charge on any atom is 0.244 e. The zero-order chi connectivity index (χ0) is 14.9. The zero-order valence-electron chi connectivity index (χ0n) is 12.7. The highest BCUT2D eigenvalue weighted by molar-refractivity contribution is 14.0. The molecule has 0 unspecified atom stereocenters. The van der Waals surface area contributed by atoms with Crippen molar-refractivity contribution in [2.24, 2.45) is 10.7 Å². The van der Waals surface area contributed by atoms with Gasteiger partial charge in [0, 0.05) is 37.9 Å². The molecule has 1 aromatic heterocycles. The number of halogens is 1. The second kappa shape index (κ2) is 10.4. The van der Waals surface area contributed by atoms with Crippen LogP contribution in [0.4, 0.5) is 0 Å². The number of aromatic nitrogens is 1. The van der Waals surface area contributed by atoms with E-state index in [0.717, 1.165) is 38.0 Å². The number of piperidine rings is 1. The van der Waals surface area contributed by atoms with Crippen molar-refractivity contribution < 1.29 is 4.79 Å². The SMILES string of the molecule is I.NC(=NCC(=O)N1CCCCC1)NCCc1ccccn1. The molecule has 1 aliphatic rings. The molecule has 122 valence electrons. The normalized spacial score (nSPS) is 15.1. The summed E-state index contributed by atoms with van der Waals surface area (Å²) in [6.07, 6.45) is 5.94. The molecule has 1 aliphatic heterocycles. The van der Waals surface area contributed by atoms with Gasteiger partial charge < -0.3 is 16.0 Å². The van der Waals surface area contributed by atoms with Gasteiger partial charge in [0.2, 0.25) is 5.91 Å². The highest BCUT2D eigenvalue weighted by atomic mass is 127. The Morgan fingerprint density at radius 3 is 2.77 bits per heavy atom. The molecule has 1 amide bonds. The van der Waals surface area contributed by atoms with Crippen LogP contribution in [-0.2, 0) is 11.2 Å². The number of aliphatic imine (C=N–C) groups is 1. The Morgan fingerprint density at radius 2 is 2.09 bits per heavy atom. The van der Waals surface area contributed by atoms with Crippen molar-refractivity contribution in [2.45, 2.75) is 25.7 Å². The fraction of sp³-hybridized carbons (Fsp3) is 0.533. The molecule has 0 radical (unpaired) electrons. The number of carbonyl (C=O) groups excluding carboxylic acids is 1. The number of guanidine groups is 1. The van der Waals surface area contributed by atoms with E-state index in [9.17, 15) is 4.79 Å². The third-order valence-corrected chi connectivity index (χ3v) is 3.51. The van der Waals surface area contributed by atoms with Gasteiger partial charge in [-0.25, -0.2) is 4.99 Å². The van der Waals surface area contributed by atoms with Crippen LogP contribution in [0.1, 0.15) is 25.0 Å². The van der Waals surface area contributed by atoms with E-state index < -0.39 is 0 Å². The molecule has 22 heavy (non-hydrogen) atoms. The summed E-state index contributed by atoms with van der Waals surface area (Å²) in [7, 11) is 0. The molecule has 1 fully saturated rings. The van der Waals surface area contributed by atoms with Gasteiger partial charge in [-0.1, -0.05) is 6.07 Å². The van der Waals surface area contributed by atoms with Gasteiger partial charge in [-0.05, 0) is 31.4 Å². The van der Waals surface area contributed by atoms with Crippen LogP contribution in [0.3, 0.4) is 0 Å². The highest BCUT2D eigenvalue weighted by Crippen LogP contribution is 2.08. The average molecular weight is 417 g/mol. The summed E-state index contributed by atoms with van der Waals surface area (Å²) in [5.41, 5.74) is 6.77. The molecule has 1 saturated heterocycles. The Labute approximate surface area is 148 Å². The number of nitrogens with one attached hydrogen (secondary N) is 1. The van der Waals surface area contributed by atoms with Crippen molar-refractivity contribution in [1.82, 2.24) is 15.2 Å². The van der Waals surface area contributed by atoms with Crippen LogP contribution in [-0.4, -0.2) is 47.9 Å². The molecule has 0 saturated carbocycles. The molecule has 7 heteroatoms. The third-order valence-electron chi connectivity index (χ3n) is 3.51. The van der Waals surface area contributed by atoms with Crippen LogP contribution < -0.4 is 11.1 Å². The minimum absolute atomic E-state index is 0. The van der Waals surface area contributed by atoms with E-state index in [0.29, 0.717) is 12.5 Å². The van der Waals surface area contributed by atoms with E-state index in [1.807, 2.05) is 23.1 Å². The molecule has 0 atom stereocenters. The molecule has 2 rings (SSSR count). The fourth-order valence-electron chi connectivity index (χ4n) is 2.32. The average Bonchev–Trinajstić information content (AvgIpc) is 2.54. The van der Waals surface area contributed by atoms with Gasteiger partial charge in [0.15, 0.2) is 5.96 Å². The maximum absolute atomic E-state index is 11.9. The Bertz CT molecular complexity index is 474. The van der Waals surface area contributed by atoms with Crippen LogP contribution >= 0.6 is 24.0 Å². The van der Waals surface area contributed by atoms with Gasteiger partial charge in [-0.3, -0.25) is 9.78 Å². The summed E-state index contributed by atoms with van der Waals surface area (Å²) in [4.78, 5) is 22.1. The standard InChI is InChI=1S/C15H23N5O.HI/c16-15(18-9-7-13-6-2-3-8-17-13)19-12-14(21)20-10-4-1-5-11-20;/h2-3,6,8H,1,4-5,7,9-12H2,(H3,16,18,19);1H. The lowest BCUT2D eigenvalue weighted by Crippen LogP contribution is -2.39. The summed E-state index contributed by atoms with van der Waals surface area (Å²) in [5.74, 6) is 0.375. The van der Waals surface area contributed by atoms with Crippen molar-refractivity contribution in [3.63, 3.8) is 0 Å². The maximum atomic E-state index is 11.9. The molecule has 0 aliphatic carbocycles. The predicted molar refractivity (Wildman–Crippen MR) is 98.3 cm³/mol. The second-order valence-electron chi connectivity index (χ2n) is 5.14. The molecule has 0 bridgehead atoms. The summed E-state index contributed by atoms with van der Waals surface area (Å²) < 4.78 is 0. The largest absolute Gasteiger partial charge is 0.370 e. The number of nitrogens with two attached hydrogens (primary N) is 1. The van der Waals surface area contributed by atoms with Crippen LogP contribution in [0.2, 0.25) is 0 Å². The smallest absolute Gasteiger partial charge is 0.244 e. The van der Waals surface area contributed by atoms with Crippen LogP contribution in [0.15, 0.2) is 29.4 Å². The molecule has 2 heterocycles. The molecular weight excluding hydrogens is 393 g/mol. The first-order chi connectivity index (χ1) is 10.3. The first-order valence-corrected chi connectivity index (χ1v) is 7.47. The number of hydrogen-bond acceptors (Lipinski definition) is 3. The summed E-state index contributed by atoms with van der Waals surface area (Å²) >= 11 is 0. The number of amides is 1. The monoisotopic (exact) mass is 417 g/mol. The van der Waals surface area contributed by atoms with Gasteiger partial charge in [0.1, 0.15) is 6.54 Å². The number of nitrogens with zero attached hydrogens (tertiary/aromatic N) is 3. The van der Waals surface area contributed by atoms with Gasteiger partial charge in [-0.15, -0.1) is 24.0 Å². The lowest BCUT2D eigenvalue weighted by Gasteiger charge is -2.26. The lowest BCUT2D eigenvalue weighted by molar-refractivity contribution is -0.130. The minimum atomic E-state index is 0. The Balaban J connectivity index is 0.00000242. The zero-order valence-corrected chi connectivity index (χ0v) is 15.0. The van der Waals surface area contributed by atoms with Gasteiger partial charge in [0.25, 0.3) is 0 Å². The topological polar surface area (TPSA) is 83.6 Å². The molecular formula is C15H24IN5O. The number of hydrogen-bond donors (Lipinski definition) is 2. The lowest BCUT2D eigenvalue weighted by atomic mass is 10.1. The number of pyridine rings is 1. The van der Waals surface area contributed by atoms with E-state index in [1.165, 1.54) is 6.42 Å². The van der Waals surface area contributed by atoms with E-state index in [1.54, 1.807) is 6.20 Å². The molecule has 3 N–H and O–H groups in total. The summed E-state index contributed by atoms with van der Waals surface area (Å²) in [5, 5.41) is 3.01. The van der Waals surface area contributed by atoms with Crippen molar-refractivity contribution in [3.8, 4) is 0 Å². The van der Waals surface area contributed by atoms with Gasteiger partial charge in [-0.2, -0.15) is 0 Å². The van der Waals surface area contributed by atoms with E-state index in [4.69, 9.17) is 5.73 Å². The van der Waals surface area contributed by atoms with Crippen LogP contribution in [0, 0.1) is 0 Å². The van der Waals surface area contributed by atoms with E-state index >= 15 is 0 Å². The van der Waals surface area contributed by atoms with E-state index in [2.05, 4.69) is 15.3 Å². The molecule has 6 nitrogen and oxygen atoms in total. The second-order valence-corrected chi connectivity index (χ2v) is 5.14. The van der Waals surface area contributed by atoms with Crippen molar-refractivity contribution >= 4 is 35.8 Å². The van der Waals surface area contributed by atoms with Gasteiger partial charge >= 0.3 is 0 Å².